The predicted octanol–water partition coefficient (Wildman–Crippen LogP) is 9.95. The Morgan fingerprint density at radius 2 is 1.41 bits per heavy atom. The number of hydrogen-bond donors (Lipinski definition) is 0. The van der Waals surface area contributed by atoms with Crippen molar-refractivity contribution in [2.45, 2.75) is 30.8 Å². The number of rotatable bonds is 4. The highest BCUT2D eigenvalue weighted by molar-refractivity contribution is 5.95. The monoisotopic (exact) mass is 655 g/mol. The highest BCUT2D eigenvalue weighted by atomic mass is 15.2. The Balaban J connectivity index is 1.15. The highest BCUT2D eigenvalue weighted by Crippen LogP contribution is 2.46. The first-order chi connectivity index (χ1) is 25.0. The molecule has 9 rings (SSSR count). The molecule has 5 heteroatoms. The minimum atomic E-state index is -0.745. The van der Waals surface area contributed by atoms with E-state index in [2.05, 4.69) is 131 Å². The van der Waals surface area contributed by atoms with Gasteiger partial charge >= 0.3 is 0 Å². The van der Waals surface area contributed by atoms with E-state index in [1.165, 1.54) is 5.69 Å². The van der Waals surface area contributed by atoms with E-state index in [1.807, 2.05) is 49.4 Å². The largest absolute Gasteiger partial charge is 0.357 e. The summed E-state index contributed by atoms with van der Waals surface area (Å²) in [5.74, 6) is 0.894. The van der Waals surface area contributed by atoms with Gasteiger partial charge in [-0.2, -0.15) is 15.8 Å². The van der Waals surface area contributed by atoms with E-state index in [9.17, 15) is 15.8 Å². The number of nitriles is 3. The quantitative estimate of drug-likeness (QED) is 0.193. The van der Waals surface area contributed by atoms with E-state index in [0.29, 0.717) is 41.5 Å². The number of allylic oxidation sites excluding steroid dienone is 5. The summed E-state index contributed by atoms with van der Waals surface area (Å²) >= 11 is 0. The van der Waals surface area contributed by atoms with E-state index < -0.39 is 5.41 Å². The Morgan fingerprint density at radius 3 is 2.12 bits per heavy atom. The van der Waals surface area contributed by atoms with Crippen LogP contribution in [0.15, 0.2) is 140 Å². The van der Waals surface area contributed by atoms with Crippen LogP contribution in [0.4, 0.5) is 5.69 Å². The minimum Gasteiger partial charge on any atom is -0.357 e. The average molecular weight is 656 g/mol. The lowest BCUT2D eigenvalue weighted by Crippen LogP contribution is -2.36. The zero-order valence-corrected chi connectivity index (χ0v) is 28.1. The molecule has 0 amide bonds. The molecule has 0 saturated carbocycles. The smallest absolute Gasteiger partial charge is 0.0998 e. The van der Waals surface area contributed by atoms with Crippen molar-refractivity contribution in [1.29, 1.82) is 15.8 Å². The highest BCUT2D eigenvalue weighted by Gasteiger charge is 2.45. The molecule has 4 aliphatic rings. The third-order valence-electron chi connectivity index (χ3n) is 11.2. The van der Waals surface area contributed by atoms with Crippen molar-refractivity contribution in [2.24, 2.45) is 11.8 Å². The average Bonchev–Trinajstić information content (AvgIpc) is 3.71. The Bertz CT molecular complexity index is 2500. The Kier molecular flexibility index (Phi) is 7.03. The number of hydrogen-bond acceptors (Lipinski definition) is 4. The van der Waals surface area contributed by atoms with Crippen LogP contribution >= 0.6 is 0 Å². The number of nitrogens with zero attached hydrogens (tertiary/aromatic N) is 5. The van der Waals surface area contributed by atoms with Gasteiger partial charge in [0.05, 0.1) is 63.7 Å². The summed E-state index contributed by atoms with van der Waals surface area (Å²) in [7, 11) is 0. The molecule has 0 radical (unpaired) electrons. The van der Waals surface area contributed by atoms with Gasteiger partial charge in [0.1, 0.15) is 0 Å². The van der Waals surface area contributed by atoms with Gasteiger partial charge in [0, 0.05) is 39.6 Å². The summed E-state index contributed by atoms with van der Waals surface area (Å²) in [6, 6.07) is 36.7. The fraction of sp³-hybridized carbons (Fsp3) is 0.152. The molecule has 5 nitrogen and oxygen atoms in total. The molecular weight excluding hydrogens is 623 g/mol. The maximum absolute atomic E-state index is 10.4. The van der Waals surface area contributed by atoms with Gasteiger partial charge in [-0.1, -0.05) is 91.1 Å². The van der Waals surface area contributed by atoms with Crippen molar-refractivity contribution in [3.8, 4) is 46.1 Å². The molecule has 4 aromatic carbocycles. The molecule has 1 saturated heterocycles. The van der Waals surface area contributed by atoms with Gasteiger partial charge in [-0.15, -0.1) is 0 Å². The lowest BCUT2D eigenvalue weighted by Gasteiger charge is -2.32. The van der Waals surface area contributed by atoms with E-state index >= 15 is 0 Å². The van der Waals surface area contributed by atoms with Crippen molar-refractivity contribution in [3.05, 3.63) is 162 Å². The van der Waals surface area contributed by atoms with Crippen LogP contribution in [0.25, 0.3) is 44.9 Å². The van der Waals surface area contributed by atoms with Gasteiger partial charge in [-0.05, 0) is 79.1 Å². The number of aromatic nitrogens is 1. The fourth-order valence-corrected chi connectivity index (χ4v) is 8.79. The molecular formula is C46H33N5. The van der Waals surface area contributed by atoms with Crippen molar-refractivity contribution >= 4 is 22.7 Å². The van der Waals surface area contributed by atoms with Crippen molar-refractivity contribution < 1.29 is 0 Å². The second kappa shape index (κ2) is 11.8. The Hall–Kier alpha value is -6.61. The summed E-state index contributed by atoms with van der Waals surface area (Å²) in [6.45, 7) is 1.97. The number of anilines is 1. The van der Waals surface area contributed by atoms with Crippen LogP contribution in [0.2, 0.25) is 0 Å². The third-order valence-corrected chi connectivity index (χ3v) is 11.2. The molecule has 0 spiro atoms. The van der Waals surface area contributed by atoms with Crippen molar-refractivity contribution in [1.82, 2.24) is 4.57 Å². The van der Waals surface area contributed by atoms with Crippen LogP contribution in [0.5, 0.6) is 0 Å². The summed E-state index contributed by atoms with van der Waals surface area (Å²) in [4.78, 5) is 2.55. The van der Waals surface area contributed by atoms with Gasteiger partial charge in [0.25, 0.3) is 0 Å². The zero-order chi connectivity index (χ0) is 34.7. The van der Waals surface area contributed by atoms with E-state index in [1.54, 1.807) is 0 Å². The number of para-hydroxylation sites is 1. The van der Waals surface area contributed by atoms with Gasteiger partial charge < -0.3 is 9.47 Å². The van der Waals surface area contributed by atoms with Gasteiger partial charge in [0.15, 0.2) is 0 Å². The van der Waals surface area contributed by atoms with Crippen molar-refractivity contribution in [3.63, 3.8) is 0 Å². The van der Waals surface area contributed by atoms with Gasteiger partial charge in [-0.3, -0.25) is 0 Å². The molecule has 1 fully saturated rings. The number of fused-ring (bicyclic) bond motifs is 6. The second-order valence-corrected chi connectivity index (χ2v) is 14.0. The molecule has 5 atom stereocenters. The van der Waals surface area contributed by atoms with Gasteiger partial charge in [0.2, 0.25) is 0 Å². The minimum absolute atomic E-state index is 0.309. The van der Waals surface area contributed by atoms with Crippen LogP contribution < -0.4 is 4.90 Å². The maximum Gasteiger partial charge on any atom is 0.0998 e. The first kappa shape index (κ1) is 30.4. The van der Waals surface area contributed by atoms with Crippen LogP contribution in [0.1, 0.15) is 35.7 Å². The summed E-state index contributed by atoms with van der Waals surface area (Å²) in [6.07, 6.45) is 22.8. The van der Waals surface area contributed by atoms with Crippen LogP contribution in [0, 0.1) is 45.8 Å². The summed E-state index contributed by atoms with van der Waals surface area (Å²) in [5.41, 5.74) is 9.13. The molecule has 3 aliphatic carbocycles. The van der Waals surface area contributed by atoms with E-state index in [4.69, 9.17) is 0 Å². The van der Waals surface area contributed by atoms with Crippen molar-refractivity contribution in [2.75, 3.05) is 4.90 Å². The van der Waals surface area contributed by atoms with E-state index in [0.717, 1.165) is 50.1 Å². The predicted molar refractivity (Wildman–Crippen MR) is 204 cm³/mol. The second-order valence-electron chi connectivity index (χ2n) is 14.0. The lowest BCUT2D eigenvalue weighted by atomic mass is 9.76. The molecule has 242 valence electrons. The number of benzene rings is 4. The SMILES string of the molecule is CC1(C#N)CC=Cc2c1c1cc(C#N)ccc1n2-c1ccccc1-c1cc(-c2ccc(N3C4C=CC=CC4C4C=CC=CC43)cc2)ccc1C#N. The summed E-state index contributed by atoms with van der Waals surface area (Å²) in [5, 5.41) is 31.4. The molecule has 0 N–H and O–H groups in total. The first-order valence-corrected chi connectivity index (χ1v) is 17.4. The maximum atomic E-state index is 10.4. The zero-order valence-electron chi connectivity index (χ0n) is 28.1. The normalized spacial score (nSPS) is 23.7. The first-order valence-electron chi connectivity index (χ1n) is 17.4. The third kappa shape index (κ3) is 4.65. The standard InChI is InChI=1S/C46H33N5/c1-46(29-49)24-8-15-44-45(46)39-25-30(27-47)16-23-43(39)51(44)42-14-7-4-11-37(42)38-26-32(17-18-33(38)28-48)31-19-21-34(22-20-31)50-40-12-5-2-9-35(40)36-10-3-6-13-41(36)50/h2-23,25-26,35-36,40-41H,24H2,1H3. The molecule has 1 aromatic heterocycles. The van der Waals surface area contributed by atoms with Crippen LogP contribution in [-0.2, 0) is 5.41 Å². The molecule has 2 heterocycles. The Labute approximate surface area is 297 Å². The topological polar surface area (TPSA) is 79.5 Å². The molecule has 51 heavy (non-hydrogen) atoms. The molecule has 5 unspecified atom stereocenters. The summed E-state index contributed by atoms with van der Waals surface area (Å²) < 4.78 is 2.19. The molecule has 5 aromatic rings. The Morgan fingerprint density at radius 1 is 0.706 bits per heavy atom. The molecule has 1 aliphatic heterocycles. The van der Waals surface area contributed by atoms with Crippen LogP contribution in [0.3, 0.4) is 0 Å². The fourth-order valence-electron chi connectivity index (χ4n) is 8.79. The van der Waals surface area contributed by atoms with Crippen LogP contribution in [-0.4, -0.2) is 16.7 Å². The lowest BCUT2D eigenvalue weighted by molar-refractivity contribution is 0.527. The van der Waals surface area contributed by atoms with E-state index in [-0.39, 0.29) is 0 Å². The van der Waals surface area contributed by atoms with Gasteiger partial charge in [-0.25, -0.2) is 0 Å². The molecule has 0 bridgehead atoms.